The lowest BCUT2D eigenvalue weighted by atomic mass is 10.2. The third kappa shape index (κ3) is 8.10. The zero-order chi connectivity index (χ0) is 21.1. The number of carbonyl (C=O) groups is 2. The van der Waals surface area contributed by atoms with Crippen LogP contribution in [-0.4, -0.2) is 23.7 Å². The Morgan fingerprint density at radius 1 is 0.793 bits per heavy atom. The summed E-state index contributed by atoms with van der Waals surface area (Å²) in [6, 6.07) is 16.3. The van der Waals surface area contributed by atoms with Crippen LogP contribution in [0.15, 0.2) is 77.0 Å². The van der Waals surface area contributed by atoms with Gasteiger partial charge in [-0.3, -0.25) is 20.2 Å². The number of hydrogen-bond donors (Lipinski definition) is 4. The molecule has 8 nitrogen and oxygen atoms in total. The van der Waals surface area contributed by atoms with E-state index in [9.17, 15) is 9.59 Å². The third-order valence-electron chi connectivity index (χ3n) is 3.31. The van der Waals surface area contributed by atoms with Gasteiger partial charge in [-0.2, -0.15) is 0 Å². The van der Waals surface area contributed by atoms with E-state index in [-0.39, 0.29) is 11.9 Å². The summed E-state index contributed by atoms with van der Waals surface area (Å²) in [6.45, 7) is 0. The van der Waals surface area contributed by atoms with Gasteiger partial charge in [0.1, 0.15) is 0 Å². The van der Waals surface area contributed by atoms with Crippen molar-refractivity contribution in [2.75, 3.05) is 0 Å². The molecule has 0 bridgehead atoms. The summed E-state index contributed by atoms with van der Waals surface area (Å²) in [4.78, 5) is 23.6. The van der Waals surface area contributed by atoms with Gasteiger partial charge in [0.15, 0.2) is 0 Å². The lowest BCUT2D eigenvalue weighted by Crippen LogP contribution is -2.37. The van der Waals surface area contributed by atoms with E-state index in [0.29, 0.717) is 10.6 Å². The quantitative estimate of drug-likeness (QED) is 0.259. The second kappa shape index (κ2) is 11.1. The molecule has 0 heterocycles. The average Bonchev–Trinajstić information content (AvgIpc) is 2.71. The molecule has 0 aromatic heterocycles. The molecule has 0 atom stereocenters. The first-order valence-corrected chi connectivity index (χ1v) is 8.76. The number of guanidine groups is 2. The third-order valence-corrected chi connectivity index (χ3v) is 3.66. The first kappa shape index (κ1) is 21.4. The molecule has 2 aromatic carbocycles. The molecule has 0 radical (unpaired) electrons. The predicted octanol–water partition coefficient (Wildman–Crippen LogP) is 1.84. The van der Waals surface area contributed by atoms with Gasteiger partial charge in [-0.25, -0.2) is 0 Å². The summed E-state index contributed by atoms with van der Waals surface area (Å²) in [5.41, 5.74) is 12.6. The van der Waals surface area contributed by atoms with E-state index in [0.717, 1.165) is 5.56 Å². The Hall–Kier alpha value is -3.91. The van der Waals surface area contributed by atoms with Crippen molar-refractivity contribution in [2.45, 2.75) is 0 Å². The molecule has 2 amide bonds. The highest BCUT2D eigenvalue weighted by Gasteiger charge is 2.01. The highest BCUT2D eigenvalue weighted by atomic mass is 35.5. The Kier molecular flexibility index (Phi) is 8.15. The zero-order valence-electron chi connectivity index (χ0n) is 15.2. The molecule has 2 aromatic rings. The van der Waals surface area contributed by atoms with Crippen LogP contribution >= 0.6 is 11.6 Å². The fourth-order valence-electron chi connectivity index (χ4n) is 2.01. The number of amides is 2. The van der Waals surface area contributed by atoms with Crippen molar-refractivity contribution < 1.29 is 9.59 Å². The van der Waals surface area contributed by atoms with Crippen LogP contribution in [0.25, 0.3) is 12.2 Å². The minimum Gasteiger partial charge on any atom is -0.368 e. The molecular weight excluding hydrogens is 392 g/mol. The zero-order valence-corrected chi connectivity index (χ0v) is 16.0. The SMILES string of the molecule is NC(=NN=C(N)NC(=O)C=Cc1ccccc1Cl)NC(=O)C=Cc1ccccc1. The van der Waals surface area contributed by atoms with Crippen molar-refractivity contribution in [1.82, 2.24) is 10.6 Å². The number of nitrogens with one attached hydrogen (secondary N) is 2. The number of halogens is 1. The van der Waals surface area contributed by atoms with Gasteiger partial charge in [-0.05, 0) is 29.3 Å². The lowest BCUT2D eigenvalue weighted by Gasteiger charge is -2.01. The number of carbonyl (C=O) groups excluding carboxylic acids is 2. The van der Waals surface area contributed by atoms with E-state index < -0.39 is 11.8 Å². The summed E-state index contributed by atoms with van der Waals surface area (Å²) in [5, 5.41) is 12.2. The molecule has 0 unspecified atom stereocenters. The second-order valence-corrected chi connectivity index (χ2v) is 5.96. The smallest absolute Gasteiger partial charge is 0.250 e. The first-order chi connectivity index (χ1) is 13.9. The van der Waals surface area contributed by atoms with Crippen molar-refractivity contribution >= 4 is 47.5 Å². The highest BCUT2D eigenvalue weighted by molar-refractivity contribution is 6.32. The van der Waals surface area contributed by atoms with E-state index in [1.54, 1.807) is 30.3 Å². The van der Waals surface area contributed by atoms with Crippen LogP contribution in [0.5, 0.6) is 0 Å². The van der Waals surface area contributed by atoms with Crippen LogP contribution in [0.2, 0.25) is 5.02 Å². The maximum Gasteiger partial charge on any atom is 0.250 e. The van der Waals surface area contributed by atoms with E-state index in [1.165, 1.54) is 18.2 Å². The Labute approximate surface area is 172 Å². The van der Waals surface area contributed by atoms with Gasteiger partial charge in [-0.15, -0.1) is 10.2 Å². The predicted molar refractivity (Wildman–Crippen MR) is 115 cm³/mol. The number of benzene rings is 2. The standard InChI is InChI=1S/C20H19ClN6O2/c21-16-9-5-4-8-15(16)11-13-18(29)25-20(23)27-26-19(22)24-17(28)12-10-14-6-2-1-3-7-14/h1-13H,(H3,22,24,26,28)(H3,23,25,27,29). The molecule has 0 aliphatic rings. The van der Waals surface area contributed by atoms with E-state index in [4.69, 9.17) is 23.1 Å². The van der Waals surface area contributed by atoms with Crippen LogP contribution in [0, 0.1) is 0 Å². The van der Waals surface area contributed by atoms with Crippen LogP contribution in [0.3, 0.4) is 0 Å². The Balaban J connectivity index is 1.86. The summed E-state index contributed by atoms with van der Waals surface area (Å²) in [6.07, 6.45) is 5.69. The Morgan fingerprint density at radius 2 is 1.31 bits per heavy atom. The summed E-state index contributed by atoms with van der Waals surface area (Å²) < 4.78 is 0. The van der Waals surface area contributed by atoms with Crippen molar-refractivity contribution in [3.63, 3.8) is 0 Å². The molecule has 0 fully saturated rings. The van der Waals surface area contributed by atoms with Crippen LogP contribution in [0.4, 0.5) is 0 Å². The number of nitrogens with two attached hydrogens (primary N) is 2. The van der Waals surface area contributed by atoms with Gasteiger partial charge < -0.3 is 11.5 Å². The minimum atomic E-state index is -0.533. The van der Waals surface area contributed by atoms with Gasteiger partial charge in [0, 0.05) is 17.2 Å². The molecule has 2 rings (SSSR count). The van der Waals surface area contributed by atoms with Crippen molar-refractivity contribution in [2.24, 2.45) is 21.7 Å². The average molecular weight is 411 g/mol. The first-order valence-electron chi connectivity index (χ1n) is 8.38. The topological polar surface area (TPSA) is 135 Å². The molecule has 148 valence electrons. The normalized spacial score (nSPS) is 12.3. The summed E-state index contributed by atoms with van der Waals surface area (Å²) in [7, 11) is 0. The number of hydrogen-bond acceptors (Lipinski definition) is 4. The maximum absolute atomic E-state index is 11.8. The number of nitrogens with zero attached hydrogens (tertiary/aromatic N) is 2. The van der Waals surface area contributed by atoms with Gasteiger partial charge >= 0.3 is 0 Å². The summed E-state index contributed by atoms with van der Waals surface area (Å²) >= 11 is 5.99. The van der Waals surface area contributed by atoms with E-state index in [1.807, 2.05) is 30.3 Å². The van der Waals surface area contributed by atoms with Crippen LogP contribution in [-0.2, 0) is 9.59 Å². The van der Waals surface area contributed by atoms with Gasteiger partial charge in [0.05, 0.1) is 0 Å². The molecule has 0 aliphatic carbocycles. The lowest BCUT2D eigenvalue weighted by molar-refractivity contribution is -0.116. The molecule has 0 spiro atoms. The molecule has 0 aliphatic heterocycles. The van der Waals surface area contributed by atoms with Crippen LogP contribution < -0.4 is 22.1 Å². The number of rotatable bonds is 5. The molecular formula is C20H19ClN6O2. The molecule has 9 heteroatoms. The minimum absolute atomic E-state index is 0.281. The largest absolute Gasteiger partial charge is 0.368 e. The van der Waals surface area contributed by atoms with Crippen LogP contribution in [0.1, 0.15) is 11.1 Å². The van der Waals surface area contributed by atoms with E-state index >= 15 is 0 Å². The maximum atomic E-state index is 11.8. The van der Waals surface area contributed by atoms with Gasteiger partial charge in [-0.1, -0.05) is 60.1 Å². The highest BCUT2D eigenvalue weighted by Crippen LogP contribution is 2.15. The summed E-state index contributed by atoms with van der Waals surface area (Å²) in [5.74, 6) is -1.60. The fourth-order valence-corrected chi connectivity index (χ4v) is 2.20. The Bertz CT molecular complexity index is 983. The molecule has 6 N–H and O–H groups in total. The van der Waals surface area contributed by atoms with Crippen molar-refractivity contribution in [1.29, 1.82) is 0 Å². The van der Waals surface area contributed by atoms with E-state index in [2.05, 4.69) is 20.8 Å². The Morgan fingerprint density at radius 3 is 1.90 bits per heavy atom. The fraction of sp³-hybridized carbons (Fsp3) is 0. The molecule has 0 saturated carbocycles. The monoisotopic (exact) mass is 410 g/mol. The second-order valence-electron chi connectivity index (χ2n) is 5.55. The molecule has 29 heavy (non-hydrogen) atoms. The van der Waals surface area contributed by atoms with Crippen molar-refractivity contribution in [3.8, 4) is 0 Å². The molecule has 0 saturated heterocycles. The van der Waals surface area contributed by atoms with Crippen molar-refractivity contribution in [3.05, 3.63) is 82.9 Å². The van der Waals surface area contributed by atoms with Gasteiger partial charge in [0.2, 0.25) is 11.9 Å². The van der Waals surface area contributed by atoms with Gasteiger partial charge in [0.25, 0.3) is 11.8 Å².